The summed E-state index contributed by atoms with van der Waals surface area (Å²) in [5.41, 5.74) is 1.95. The third-order valence-corrected chi connectivity index (χ3v) is 6.82. The van der Waals surface area contributed by atoms with Crippen LogP contribution in [0.5, 0.6) is 0 Å². The smallest absolute Gasteiger partial charge is 0.305 e. The van der Waals surface area contributed by atoms with Gasteiger partial charge in [0.25, 0.3) is 5.69 Å². The van der Waals surface area contributed by atoms with Gasteiger partial charge in [-0.2, -0.15) is 0 Å². The molecule has 2 N–H and O–H groups in total. The average Bonchev–Trinajstić information content (AvgIpc) is 3.24. The van der Waals surface area contributed by atoms with E-state index in [-0.39, 0.29) is 50.0 Å². The minimum absolute atomic E-state index is 0.0107. The Labute approximate surface area is 202 Å². The Morgan fingerprint density at radius 1 is 1.17 bits per heavy atom. The van der Waals surface area contributed by atoms with Crippen LogP contribution in [-0.4, -0.2) is 54.9 Å². The Hall–Kier alpha value is -3.76. The zero-order chi connectivity index (χ0) is 24.9. The number of fused-ring (bicyclic) bond motifs is 1. The molecule has 0 radical (unpaired) electrons. The van der Waals surface area contributed by atoms with E-state index in [1.165, 1.54) is 6.07 Å². The molecule has 1 atom stereocenters. The number of hydrogen-bond donors (Lipinski definition) is 2. The number of para-hydroxylation sites is 1. The summed E-state index contributed by atoms with van der Waals surface area (Å²) in [6.45, 7) is 0.373. The number of carbonyl (C=O) groups is 3. The largest absolute Gasteiger partial charge is 0.481 e. The van der Waals surface area contributed by atoms with Gasteiger partial charge >= 0.3 is 5.97 Å². The van der Waals surface area contributed by atoms with E-state index in [4.69, 9.17) is 5.11 Å². The van der Waals surface area contributed by atoms with Crippen molar-refractivity contribution in [3.8, 4) is 0 Å². The molecule has 2 heterocycles. The third kappa shape index (κ3) is 5.50. The van der Waals surface area contributed by atoms with Crippen molar-refractivity contribution >= 4 is 23.5 Å². The highest BCUT2D eigenvalue weighted by Gasteiger charge is 2.39. The third-order valence-electron chi connectivity index (χ3n) is 6.82. The molecule has 11 heteroatoms. The number of carbonyl (C=O) groups excluding carboxylic acids is 2. The maximum absolute atomic E-state index is 13.5. The van der Waals surface area contributed by atoms with Gasteiger partial charge in [-0.15, -0.1) is 0 Å². The highest BCUT2D eigenvalue weighted by atomic mass is 16.6. The first-order valence-electron chi connectivity index (χ1n) is 11.9. The molecule has 11 nitrogen and oxygen atoms in total. The van der Waals surface area contributed by atoms with Crippen LogP contribution in [0.15, 0.2) is 30.6 Å². The van der Waals surface area contributed by atoms with Gasteiger partial charge in [-0.05, 0) is 12.8 Å². The van der Waals surface area contributed by atoms with E-state index in [2.05, 4.69) is 10.3 Å². The van der Waals surface area contributed by atoms with Crippen LogP contribution in [0, 0.1) is 16.0 Å². The second kappa shape index (κ2) is 10.7. The molecule has 2 aliphatic rings. The number of carboxylic acid groups (broad SMARTS) is 1. The van der Waals surface area contributed by atoms with E-state index in [1.807, 2.05) is 0 Å². The molecule has 1 aromatic carbocycles. The number of aromatic nitrogens is 2. The van der Waals surface area contributed by atoms with Crippen molar-refractivity contribution in [3.63, 3.8) is 0 Å². The minimum atomic E-state index is -1.01. The van der Waals surface area contributed by atoms with E-state index in [0.717, 1.165) is 37.8 Å². The van der Waals surface area contributed by atoms with Gasteiger partial charge in [0.15, 0.2) is 0 Å². The number of imidazole rings is 1. The summed E-state index contributed by atoms with van der Waals surface area (Å²) in [6, 6.07) is 5.72. The second-order valence-electron chi connectivity index (χ2n) is 9.11. The maximum atomic E-state index is 13.5. The number of carboxylic acids is 1. The summed E-state index contributed by atoms with van der Waals surface area (Å²) in [5.74, 6) is -1.63. The van der Waals surface area contributed by atoms with Gasteiger partial charge in [-0.1, -0.05) is 37.5 Å². The molecule has 1 unspecified atom stereocenters. The monoisotopic (exact) mass is 483 g/mol. The highest BCUT2D eigenvalue weighted by Crippen LogP contribution is 2.31. The van der Waals surface area contributed by atoms with Crippen LogP contribution < -0.4 is 5.32 Å². The molecule has 1 fully saturated rings. The average molecular weight is 484 g/mol. The van der Waals surface area contributed by atoms with Crippen molar-refractivity contribution in [2.45, 2.75) is 64.1 Å². The summed E-state index contributed by atoms with van der Waals surface area (Å²) >= 11 is 0. The Kier molecular flexibility index (Phi) is 7.42. The van der Waals surface area contributed by atoms with E-state index in [0.29, 0.717) is 11.3 Å². The minimum Gasteiger partial charge on any atom is -0.481 e. The molecule has 2 aromatic rings. The number of aliphatic carboxylic acids is 1. The molecular weight excluding hydrogens is 454 g/mol. The zero-order valence-corrected chi connectivity index (χ0v) is 19.4. The number of rotatable bonds is 8. The van der Waals surface area contributed by atoms with Gasteiger partial charge in [-0.25, -0.2) is 4.98 Å². The van der Waals surface area contributed by atoms with Crippen molar-refractivity contribution < 1.29 is 24.4 Å². The summed E-state index contributed by atoms with van der Waals surface area (Å²) in [5, 5.41) is 23.0. The van der Waals surface area contributed by atoms with E-state index < -0.39 is 22.8 Å². The van der Waals surface area contributed by atoms with E-state index in [1.54, 1.807) is 34.0 Å². The first-order valence-corrected chi connectivity index (χ1v) is 11.9. The van der Waals surface area contributed by atoms with Crippen LogP contribution in [0.25, 0.3) is 0 Å². The molecule has 1 aromatic heterocycles. The lowest BCUT2D eigenvalue weighted by atomic mass is 9.87. The second-order valence-corrected chi connectivity index (χ2v) is 9.11. The molecule has 1 aliphatic carbocycles. The summed E-state index contributed by atoms with van der Waals surface area (Å²) in [6.07, 6.45) is 6.20. The molecule has 0 saturated heterocycles. The van der Waals surface area contributed by atoms with Gasteiger partial charge in [0, 0.05) is 30.5 Å². The Balaban J connectivity index is 1.60. The van der Waals surface area contributed by atoms with Crippen molar-refractivity contribution in [2.24, 2.45) is 5.92 Å². The summed E-state index contributed by atoms with van der Waals surface area (Å²) in [7, 11) is 0. The SMILES string of the molecule is O=C(O)CCNC(=O)C1Cc2ncn(Cc3ccccc3[N+](=O)[O-])c2CN1C(=O)C1CCCCC1. The van der Waals surface area contributed by atoms with Gasteiger partial charge in [-0.3, -0.25) is 24.5 Å². The Morgan fingerprint density at radius 3 is 2.63 bits per heavy atom. The molecule has 1 aliphatic heterocycles. The predicted molar refractivity (Wildman–Crippen MR) is 124 cm³/mol. The van der Waals surface area contributed by atoms with Crippen LogP contribution in [0.3, 0.4) is 0 Å². The number of hydrogen-bond acceptors (Lipinski definition) is 6. The Morgan fingerprint density at radius 2 is 1.91 bits per heavy atom. The van der Waals surface area contributed by atoms with Crippen LogP contribution >= 0.6 is 0 Å². The van der Waals surface area contributed by atoms with Crippen molar-refractivity contribution in [1.82, 2.24) is 19.8 Å². The number of nitro benzene ring substituents is 1. The van der Waals surface area contributed by atoms with Crippen LogP contribution in [-0.2, 0) is 33.9 Å². The number of amides is 2. The standard InChI is InChI=1S/C24H29N5O6/c30-22(31)10-11-25-23(32)20-12-18-21(14-28(20)24(33)16-6-2-1-3-7-16)27(15-26-18)13-17-8-4-5-9-19(17)29(34)35/h4-5,8-9,15-16,20H,1-3,6-7,10-14H2,(H,25,32)(H,30,31). The topological polar surface area (TPSA) is 148 Å². The van der Waals surface area contributed by atoms with Crippen molar-refractivity contribution in [3.05, 3.63) is 57.7 Å². The lowest BCUT2D eigenvalue weighted by Gasteiger charge is -2.37. The molecule has 0 spiro atoms. The van der Waals surface area contributed by atoms with Crippen molar-refractivity contribution in [1.29, 1.82) is 0 Å². The van der Waals surface area contributed by atoms with Gasteiger partial charge in [0.05, 0.1) is 42.1 Å². The predicted octanol–water partition coefficient (Wildman–Crippen LogP) is 2.26. The number of nitrogens with zero attached hydrogens (tertiary/aromatic N) is 4. The first kappa shape index (κ1) is 24.4. The van der Waals surface area contributed by atoms with E-state index >= 15 is 0 Å². The molecule has 2 amide bonds. The Bertz CT molecular complexity index is 1120. The molecule has 0 bridgehead atoms. The molecule has 186 valence electrons. The lowest BCUT2D eigenvalue weighted by molar-refractivity contribution is -0.385. The first-order chi connectivity index (χ1) is 16.8. The fraction of sp³-hybridized carbons (Fsp3) is 0.500. The van der Waals surface area contributed by atoms with Crippen LogP contribution in [0.1, 0.15) is 55.5 Å². The van der Waals surface area contributed by atoms with Crippen LogP contribution in [0.4, 0.5) is 5.69 Å². The van der Waals surface area contributed by atoms with Crippen molar-refractivity contribution in [2.75, 3.05) is 6.54 Å². The van der Waals surface area contributed by atoms with Gasteiger partial charge in [0.2, 0.25) is 11.8 Å². The number of nitrogens with one attached hydrogen (secondary N) is 1. The highest BCUT2D eigenvalue weighted by molar-refractivity contribution is 5.89. The molecular formula is C24H29N5O6. The fourth-order valence-electron chi connectivity index (χ4n) is 4.97. The van der Waals surface area contributed by atoms with Crippen LogP contribution in [0.2, 0.25) is 0 Å². The lowest BCUT2D eigenvalue weighted by Crippen LogP contribution is -2.54. The summed E-state index contributed by atoms with van der Waals surface area (Å²) < 4.78 is 1.80. The number of benzene rings is 1. The molecule has 35 heavy (non-hydrogen) atoms. The molecule has 1 saturated carbocycles. The summed E-state index contributed by atoms with van der Waals surface area (Å²) in [4.78, 5) is 54.4. The fourth-order valence-corrected chi connectivity index (χ4v) is 4.97. The van der Waals surface area contributed by atoms with Gasteiger partial charge < -0.3 is 19.9 Å². The zero-order valence-electron chi connectivity index (χ0n) is 19.4. The molecule has 4 rings (SSSR count). The maximum Gasteiger partial charge on any atom is 0.305 e. The number of nitro groups is 1. The van der Waals surface area contributed by atoms with E-state index in [9.17, 15) is 24.5 Å². The quantitative estimate of drug-likeness (QED) is 0.432. The van der Waals surface area contributed by atoms with Gasteiger partial charge in [0.1, 0.15) is 6.04 Å². The normalized spacial score (nSPS) is 18.1.